The van der Waals surface area contributed by atoms with E-state index in [1.54, 1.807) is 26.4 Å². The number of nitrogens with one attached hydrogen (secondary N) is 2. The summed E-state index contributed by atoms with van der Waals surface area (Å²) in [5.74, 6) is 0.455. The molecule has 0 aliphatic carbocycles. The number of hydrogen-bond acceptors (Lipinski definition) is 4. The Balaban J connectivity index is 2.05. The van der Waals surface area contributed by atoms with E-state index in [-0.39, 0.29) is 11.3 Å². The molecule has 1 amide bonds. The van der Waals surface area contributed by atoms with Gasteiger partial charge in [-0.1, -0.05) is 15.9 Å². The van der Waals surface area contributed by atoms with E-state index in [9.17, 15) is 4.79 Å². The molecule has 0 unspecified atom stereocenters. The van der Waals surface area contributed by atoms with E-state index in [4.69, 9.17) is 9.47 Å². The van der Waals surface area contributed by atoms with Crippen LogP contribution in [0.15, 0.2) is 22.7 Å². The third-order valence-corrected chi connectivity index (χ3v) is 4.64. The van der Waals surface area contributed by atoms with Gasteiger partial charge in [0.2, 0.25) is 0 Å². The van der Waals surface area contributed by atoms with Crippen LogP contribution in [0.5, 0.6) is 5.75 Å². The number of benzene rings is 1. The van der Waals surface area contributed by atoms with Crippen LogP contribution in [-0.4, -0.2) is 46.4 Å². The fourth-order valence-electron chi connectivity index (χ4n) is 2.85. The molecule has 5 nitrogen and oxygen atoms in total. The lowest BCUT2D eigenvalue weighted by molar-refractivity contribution is 0.0511. The van der Waals surface area contributed by atoms with Crippen LogP contribution in [0, 0.1) is 5.41 Å². The third-order valence-electron chi connectivity index (χ3n) is 4.15. The van der Waals surface area contributed by atoms with Gasteiger partial charge in [-0.15, -0.1) is 0 Å². The second-order valence-corrected chi connectivity index (χ2v) is 6.63. The van der Waals surface area contributed by atoms with E-state index in [1.807, 2.05) is 6.07 Å². The Hall–Kier alpha value is -1.11. The van der Waals surface area contributed by atoms with E-state index in [2.05, 4.69) is 26.6 Å². The number of methoxy groups -OCH3 is 2. The van der Waals surface area contributed by atoms with Crippen LogP contribution in [0.25, 0.3) is 0 Å². The van der Waals surface area contributed by atoms with Gasteiger partial charge >= 0.3 is 0 Å². The monoisotopic (exact) mass is 370 g/mol. The van der Waals surface area contributed by atoms with Crippen LogP contribution >= 0.6 is 15.9 Å². The highest BCUT2D eigenvalue weighted by Crippen LogP contribution is 2.29. The zero-order valence-corrected chi connectivity index (χ0v) is 14.7. The molecule has 0 aromatic heterocycles. The minimum absolute atomic E-state index is 0.0122. The minimum Gasteiger partial charge on any atom is -0.496 e. The summed E-state index contributed by atoms with van der Waals surface area (Å²) in [5, 5.41) is 6.39. The molecule has 1 heterocycles. The smallest absolute Gasteiger partial charge is 0.255 e. The van der Waals surface area contributed by atoms with Crippen LogP contribution in [0.4, 0.5) is 0 Å². The molecular formula is C16H23BrN2O3. The molecular weight excluding hydrogens is 348 g/mol. The first-order valence-corrected chi connectivity index (χ1v) is 8.21. The zero-order valence-electron chi connectivity index (χ0n) is 13.1. The maximum absolute atomic E-state index is 12.5. The molecule has 1 aromatic carbocycles. The van der Waals surface area contributed by atoms with E-state index in [1.165, 1.54) is 0 Å². The van der Waals surface area contributed by atoms with Crippen LogP contribution in [0.1, 0.15) is 23.2 Å². The molecule has 0 atom stereocenters. The standard InChI is InChI=1S/C16H23BrN2O3/c1-21-11-16(5-7-18-8-6-16)10-19-15(20)13-4-3-12(17)9-14(13)22-2/h3-4,9,18H,5-8,10-11H2,1-2H3,(H,19,20). The Kier molecular flexibility index (Phi) is 6.23. The SMILES string of the molecule is COCC1(CNC(=O)c2ccc(Br)cc2OC)CCNCC1. The van der Waals surface area contributed by atoms with Crippen LogP contribution in [0.2, 0.25) is 0 Å². The molecule has 0 radical (unpaired) electrons. The molecule has 22 heavy (non-hydrogen) atoms. The average molecular weight is 371 g/mol. The van der Waals surface area contributed by atoms with Crippen molar-refractivity contribution in [1.29, 1.82) is 0 Å². The van der Waals surface area contributed by atoms with Crippen LogP contribution < -0.4 is 15.4 Å². The zero-order chi connectivity index (χ0) is 16.0. The Morgan fingerprint density at radius 2 is 2.09 bits per heavy atom. The molecule has 0 saturated carbocycles. The molecule has 2 rings (SSSR count). The highest BCUT2D eigenvalue weighted by Gasteiger charge is 2.32. The highest BCUT2D eigenvalue weighted by molar-refractivity contribution is 9.10. The summed E-state index contributed by atoms with van der Waals surface area (Å²) in [5.41, 5.74) is 0.560. The van der Waals surface area contributed by atoms with Crippen molar-refractivity contribution >= 4 is 21.8 Å². The van der Waals surface area contributed by atoms with Gasteiger partial charge in [0.05, 0.1) is 19.3 Å². The third kappa shape index (κ3) is 4.21. The topological polar surface area (TPSA) is 59.6 Å². The quantitative estimate of drug-likeness (QED) is 0.805. The predicted molar refractivity (Wildman–Crippen MR) is 89.4 cm³/mol. The van der Waals surface area contributed by atoms with Crippen molar-refractivity contribution < 1.29 is 14.3 Å². The average Bonchev–Trinajstić information content (AvgIpc) is 2.53. The summed E-state index contributed by atoms with van der Waals surface area (Å²) in [6.07, 6.45) is 2.00. The number of amides is 1. The number of piperidine rings is 1. The van der Waals surface area contributed by atoms with E-state index < -0.39 is 0 Å². The second kappa shape index (κ2) is 7.94. The van der Waals surface area contributed by atoms with Crippen molar-refractivity contribution in [2.24, 2.45) is 5.41 Å². The largest absolute Gasteiger partial charge is 0.496 e. The molecule has 0 bridgehead atoms. The number of hydrogen-bond donors (Lipinski definition) is 2. The molecule has 122 valence electrons. The molecule has 1 fully saturated rings. The summed E-state index contributed by atoms with van der Waals surface area (Å²) < 4.78 is 11.5. The molecule has 1 aliphatic heterocycles. The van der Waals surface area contributed by atoms with Crippen molar-refractivity contribution in [2.75, 3.05) is 40.5 Å². The van der Waals surface area contributed by atoms with Gasteiger partial charge in [-0.25, -0.2) is 0 Å². The van der Waals surface area contributed by atoms with E-state index in [0.29, 0.717) is 24.5 Å². The van der Waals surface area contributed by atoms with Gasteiger partial charge in [-0.05, 0) is 44.1 Å². The number of carbonyl (C=O) groups excluding carboxylic acids is 1. The lowest BCUT2D eigenvalue weighted by Crippen LogP contribution is -2.47. The first-order valence-electron chi connectivity index (χ1n) is 7.42. The molecule has 0 spiro atoms. The Morgan fingerprint density at radius 3 is 2.73 bits per heavy atom. The number of halogens is 1. The van der Waals surface area contributed by atoms with Crippen molar-refractivity contribution in [3.05, 3.63) is 28.2 Å². The van der Waals surface area contributed by atoms with Gasteiger partial charge in [0.1, 0.15) is 5.75 Å². The fourth-order valence-corrected chi connectivity index (χ4v) is 3.19. The molecule has 2 N–H and O–H groups in total. The first-order chi connectivity index (χ1) is 10.6. The highest BCUT2D eigenvalue weighted by atomic mass is 79.9. The van der Waals surface area contributed by atoms with Crippen LogP contribution in [0.3, 0.4) is 0 Å². The summed E-state index contributed by atoms with van der Waals surface area (Å²) in [7, 11) is 3.28. The number of rotatable bonds is 6. The molecule has 6 heteroatoms. The van der Waals surface area contributed by atoms with Crippen molar-refractivity contribution in [3.8, 4) is 5.75 Å². The minimum atomic E-state index is -0.113. The molecule has 1 aromatic rings. The van der Waals surface area contributed by atoms with Crippen molar-refractivity contribution in [2.45, 2.75) is 12.8 Å². The van der Waals surface area contributed by atoms with Crippen molar-refractivity contribution in [3.63, 3.8) is 0 Å². The summed E-state index contributed by atoms with van der Waals surface area (Å²) in [4.78, 5) is 12.5. The lowest BCUT2D eigenvalue weighted by atomic mass is 9.79. The Bertz CT molecular complexity index is 511. The van der Waals surface area contributed by atoms with Gasteiger partial charge in [0, 0.05) is 23.5 Å². The fraction of sp³-hybridized carbons (Fsp3) is 0.562. The number of ether oxygens (including phenoxy) is 2. The number of carbonyl (C=O) groups is 1. The van der Waals surface area contributed by atoms with Gasteiger partial charge in [0.25, 0.3) is 5.91 Å². The summed E-state index contributed by atoms with van der Waals surface area (Å²) in [6.45, 7) is 3.19. The Morgan fingerprint density at radius 1 is 1.36 bits per heavy atom. The lowest BCUT2D eigenvalue weighted by Gasteiger charge is -2.37. The van der Waals surface area contributed by atoms with Crippen molar-refractivity contribution in [1.82, 2.24) is 10.6 Å². The predicted octanol–water partition coefficient (Wildman–Crippen LogP) is 2.20. The maximum atomic E-state index is 12.5. The van der Waals surface area contributed by atoms with Gasteiger partial charge in [-0.2, -0.15) is 0 Å². The molecule has 1 aliphatic rings. The summed E-state index contributed by atoms with van der Waals surface area (Å²) in [6, 6.07) is 5.40. The molecule has 1 saturated heterocycles. The van der Waals surface area contributed by atoms with Crippen LogP contribution in [-0.2, 0) is 4.74 Å². The summed E-state index contributed by atoms with van der Waals surface area (Å²) >= 11 is 3.38. The van der Waals surface area contributed by atoms with Gasteiger partial charge in [0.15, 0.2) is 0 Å². The Labute approximate surface area is 139 Å². The van der Waals surface area contributed by atoms with Gasteiger partial charge < -0.3 is 20.1 Å². The normalized spacial score (nSPS) is 17.0. The first kappa shape index (κ1) is 17.2. The van der Waals surface area contributed by atoms with E-state index in [0.717, 1.165) is 30.4 Å². The second-order valence-electron chi connectivity index (χ2n) is 5.71. The van der Waals surface area contributed by atoms with E-state index >= 15 is 0 Å². The maximum Gasteiger partial charge on any atom is 0.255 e. The van der Waals surface area contributed by atoms with Gasteiger partial charge in [-0.3, -0.25) is 4.79 Å².